The number of carbonyl (C=O) groups excluding carboxylic acids is 1. The third-order valence-corrected chi connectivity index (χ3v) is 4.96. The zero-order valence-electron chi connectivity index (χ0n) is 16.6. The monoisotopic (exact) mass is 418 g/mol. The van der Waals surface area contributed by atoms with E-state index in [1.807, 2.05) is 54.6 Å². The van der Waals surface area contributed by atoms with Crippen molar-refractivity contribution in [2.75, 3.05) is 6.54 Å². The number of nitrogens with zero attached hydrogens (tertiary/aromatic N) is 2. The standard InChI is InChI=1S/C23H22N4O4/c28-20-10-21(27-14-18(12-26-27)23(30)31)24-13-19(20)22(29)25-11-15-6-8-17(9-7-15)16-4-2-1-3-5-16/h1-10,12,14,23-24,28,30-31H,11,13H2,(H,25,29). The van der Waals surface area contributed by atoms with Crippen LogP contribution in [0.2, 0.25) is 0 Å². The van der Waals surface area contributed by atoms with E-state index in [4.69, 9.17) is 0 Å². The molecule has 0 atom stereocenters. The molecule has 0 fully saturated rings. The Balaban J connectivity index is 1.40. The summed E-state index contributed by atoms with van der Waals surface area (Å²) in [5, 5.41) is 38.5. The average Bonchev–Trinajstić information content (AvgIpc) is 3.29. The summed E-state index contributed by atoms with van der Waals surface area (Å²) in [6.45, 7) is 0.436. The quantitative estimate of drug-likeness (QED) is 0.391. The van der Waals surface area contributed by atoms with Gasteiger partial charge >= 0.3 is 0 Å². The summed E-state index contributed by atoms with van der Waals surface area (Å²) in [5.41, 5.74) is 3.59. The van der Waals surface area contributed by atoms with E-state index in [1.165, 1.54) is 23.2 Å². The summed E-state index contributed by atoms with van der Waals surface area (Å²) in [4.78, 5) is 12.5. The van der Waals surface area contributed by atoms with Crippen molar-refractivity contribution >= 4 is 11.7 Å². The fraction of sp³-hybridized carbons (Fsp3) is 0.130. The lowest BCUT2D eigenvalue weighted by molar-refractivity contribution is -0.117. The number of allylic oxidation sites excluding steroid dienone is 1. The van der Waals surface area contributed by atoms with Gasteiger partial charge in [-0.2, -0.15) is 5.10 Å². The molecule has 2 aromatic carbocycles. The molecule has 0 aliphatic carbocycles. The second-order valence-corrected chi connectivity index (χ2v) is 7.08. The van der Waals surface area contributed by atoms with Crippen LogP contribution >= 0.6 is 0 Å². The van der Waals surface area contributed by atoms with Crippen molar-refractivity contribution in [3.63, 3.8) is 0 Å². The number of nitrogens with one attached hydrogen (secondary N) is 2. The molecule has 1 aliphatic heterocycles. The molecule has 3 aromatic rings. The molecule has 0 bridgehead atoms. The normalized spacial score (nSPS) is 13.7. The maximum absolute atomic E-state index is 12.5. The molecule has 158 valence electrons. The Morgan fingerprint density at radius 1 is 1.10 bits per heavy atom. The largest absolute Gasteiger partial charge is 0.507 e. The number of hydrogen-bond donors (Lipinski definition) is 5. The van der Waals surface area contributed by atoms with E-state index < -0.39 is 6.29 Å². The van der Waals surface area contributed by atoms with Gasteiger partial charge in [-0.3, -0.25) is 4.79 Å². The lowest BCUT2D eigenvalue weighted by Crippen LogP contribution is -2.33. The van der Waals surface area contributed by atoms with Crippen LogP contribution in [0.15, 0.2) is 84.4 Å². The smallest absolute Gasteiger partial charge is 0.253 e. The first-order valence-corrected chi connectivity index (χ1v) is 9.72. The fourth-order valence-electron chi connectivity index (χ4n) is 3.22. The molecule has 1 amide bonds. The molecule has 0 saturated heterocycles. The van der Waals surface area contributed by atoms with Crippen molar-refractivity contribution in [1.82, 2.24) is 20.4 Å². The van der Waals surface area contributed by atoms with Gasteiger partial charge < -0.3 is 26.0 Å². The molecule has 0 spiro atoms. The van der Waals surface area contributed by atoms with E-state index >= 15 is 0 Å². The van der Waals surface area contributed by atoms with Gasteiger partial charge in [0.1, 0.15) is 11.6 Å². The van der Waals surface area contributed by atoms with E-state index in [0.717, 1.165) is 16.7 Å². The van der Waals surface area contributed by atoms with E-state index in [2.05, 4.69) is 15.7 Å². The van der Waals surface area contributed by atoms with Gasteiger partial charge in [0.05, 0.1) is 18.3 Å². The lowest BCUT2D eigenvalue weighted by atomic mass is 10.0. The number of rotatable bonds is 6. The summed E-state index contributed by atoms with van der Waals surface area (Å²) < 4.78 is 1.36. The van der Waals surface area contributed by atoms with Crippen molar-refractivity contribution < 1.29 is 20.1 Å². The van der Waals surface area contributed by atoms with Crippen LogP contribution in [0.4, 0.5) is 0 Å². The molecule has 1 aliphatic rings. The highest BCUT2D eigenvalue weighted by atomic mass is 16.5. The third-order valence-electron chi connectivity index (χ3n) is 4.96. The van der Waals surface area contributed by atoms with Crippen molar-refractivity contribution in [1.29, 1.82) is 0 Å². The number of hydrogen-bond acceptors (Lipinski definition) is 6. The lowest BCUT2D eigenvalue weighted by Gasteiger charge is -2.19. The summed E-state index contributed by atoms with van der Waals surface area (Å²) in [6, 6.07) is 18.0. The molecule has 0 saturated carbocycles. The first-order chi connectivity index (χ1) is 15.0. The SMILES string of the molecule is O=C(NCc1ccc(-c2ccccc2)cc1)C1=C(O)C=C(n2cc(C(O)O)cn2)NC1. The fourth-order valence-corrected chi connectivity index (χ4v) is 3.22. The van der Waals surface area contributed by atoms with Gasteiger partial charge in [0.2, 0.25) is 0 Å². The molecule has 31 heavy (non-hydrogen) atoms. The molecule has 4 rings (SSSR count). The van der Waals surface area contributed by atoms with Crippen molar-refractivity contribution in [3.8, 4) is 11.1 Å². The van der Waals surface area contributed by atoms with Gasteiger partial charge in [-0.25, -0.2) is 4.68 Å². The topological polar surface area (TPSA) is 120 Å². The maximum Gasteiger partial charge on any atom is 0.253 e. The number of benzene rings is 2. The molecule has 0 unspecified atom stereocenters. The molecule has 0 radical (unpaired) electrons. The minimum absolute atomic E-state index is 0.104. The average molecular weight is 418 g/mol. The second-order valence-electron chi connectivity index (χ2n) is 7.08. The van der Waals surface area contributed by atoms with Gasteiger partial charge in [-0.05, 0) is 16.7 Å². The van der Waals surface area contributed by atoms with Crippen LogP contribution in [0.3, 0.4) is 0 Å². The van der Waals surface area contributed by atoms with Crippen LogP contribution < -0.4 is 10.6 Å². The molecule has 5 N–H and O–H groups in total. The summed E-state index contributed by atoms with van der Waals surface area (Å²) in [6.07, 6.45) is 2.46. The Bertz CT molecular complexity index is 1130. The van der Waals surface area contributed by atoms with Crippen LogP contribution in [0.1, 0.15) is 17.4 Å². The molecule has 1 aromatic heterocycles. The van der Waals surface area contributed by atoms with Crippen LogP contribution in [0.25, 0.3) is 16.9 Å². The Kier molecular flexibility index (Phi) is 5.83. The zero-order valence-corrected chi connectivity index (χ0v) is 16.6. The van der Waals surface area contributed by atoms with Crippen molar-refractivity contribution in [2.45, 2.75) is 12.8 Å². The number of dihydropyridines is 1. The van der Waals surface area contributed by atoms with E-state index in [9.17, 15) is 20.1 Å². The van der Waals surface area contributed by atoms with Crippen LogP contribution in [-0.2, 0) is 11.3 Å². The van der Waals surface area contributed by atoms with Gasteiger partial charge in [-0.1, -0.05) is 54.6 Å². The maximum atomic E-state index is 12.5. The number of aliphatic hydroxyl groups excluding tert-OH is 2. The Morgan fingerprint density at radius 2 is 1.81 bits per heavy atom. The summed E-state index contributed by atoms with van der Waals surface area (Å²) in [5.74, 6) is -0.135. The second kappa shape index (κ2) is 8.86. The highest BCUT2D eigenvalue weighted by Gasteiger charge is 2.20. The Labute approximate surface area is 178 Å². The van der Waals surface area contributed by atoms with Gasteiger partial charge in [0, 0.05) is 24.4 Å². The minimum atomic E-state index is -1.63. The summed E-state index contributed by atoms with van der Waals surface area (Å²) in [7, 11) is 0. The van der Waals surface area contributed by atoms with E-state index in [1.54, 1.807) is 0 Å². The van der Waals surface area contributed by atoms with Gasteiger partial charge in [0.15, 0.2) is 6.29 Å². The third kappa shape index (κ3) is 4.66. The minimum Gasteiger partial charge on any atom is -0.507 e. The molecular formula is C23H22N4O4. The number of amides is 1. The predicted octanol–water partition coefficient (Wildman–Crippen LogP) is 2.06. The summed E-state index contributed by atoms with van der Waals surface area (Å²) >= 11 is 0. The number of aromatic nitrogens is 2. The highest BCUT2D eigenvalue weighted by molar-refractivity contribution is 5.95. The van der Waals surface area contributed by atoms with E-state index in [-0.39, 0.29) is 29.3 Å². The van der Waals surface area contributed by atoms with Gasteiger partial charge in [-0.15, -0.1) is 0 Å². The van der Waals surface area contributed by atoms with Crippen LogP contribution in [0, 0.1) is 0 Å². The highest BCUT2D eigenvalue weighted by Crippen LogP contribution is 2.20. The van der Waals surface area contributed by atoms with Gasteiger partial charge in [0.25, 0.3) is 5.91 Å². The van der Waals surface area contributed by atoms with Crippen LogP contribution in [-0.4, -0.2) is 37.6 Å². The first kappa shape index (κ1) is 20.4. The first-order valence-electron chi connectivity index (χ1n) is 9.72. The molecular weight excluding hydrogens is 396 g/mol. The van der Waals surface area contributed by atoms with Crippen molar-refractivity contribution in [2.24, 2.45) is 0 Å². The predicted molar refractivity (Wildman–Crippen MR) is 115 cm³/mol. The Hall–Kier alpha value is -3.88. The number of aliphatic hydroxyl groups is 3. The Morgan fingerprint density at radius 3 is 2.45 bits per heavy atom. The zero-order chi connectivity index (χ0) is 21.8. The van der Waals surface area contributed by atoms with E-state index in [0.29, 0.717) is 12.4 Å². The van der Waals surface area contributed by atoms with Crippen LogP contribution in [0.5, 0.6) is 0 Å². The number of carbonyl (C=O) groups is 1. The molecule has 8 heteroatoms. The molecule has 2 heterocycles. The molecule has 8 nitrogen and oxygen atoms in total. The van der Waals surface area contributed by atoms with Crippen molar-refractivity contribution in [3.05, 3.63) is 95.5 Å².